The van der Waals surface area contributed by atoms with Crippen LogP contribution in [0, 0.1) is 5.92 Å². The molecule has 4 heteroatoms. The molecule has 0 spiro atoms. The number of aliphatic hydroxyl groups excluding tert-OH is 1. The van der Waals surface area contributed by atoms with Crippen molar-refractivity contribution in [3.05, 3.63) is 0 Å². The van der Waals surface area contributed by atoms with Gasteiger partial charge in [0.1, 0.15) is 0 Å². The smallest absolute Gasteiger partial charge is 0.0601 e. The first-order valence-corrected chi connectivity index (χ1v) is 7.33. The maximum Gasteiger partial charge on any atom is 0.0601 e. The maximum absolute atomic E-state index is 9.54. The van der Waals surface area contributed by atoms with Gasteiger partial charge in [0.25, 0.3) is 0 Å². The maximum atomic E-state index is 9.54. The van der Waals surface area contributed by atoms with Crippen molar-refractivity contribution >= 4 is 0 Å². The molecule has 0 saturated carbocycles. The number of piperidine rings is 1. The summed E-state index contributed by atoms with van der Waals surface area (Å²) in [6.07, 6.45) is 4.60. The molecule has 18 heavy (non-hydrogen) atoms. The highest BCUT2D eigenvalue weighted by Gasteiger charge is 2.25. The van der Waals surface area contributed by atoms with Crippen LogP contribution in [0.25, 0.3) is 0 Å². The van der Waals surface area contributed by atoms with E-state index in [9.17, 15) is 5.11 Å². The monoisotopic (exact) mass is 257 g/mol. The van der Waals surface area contributed by atoms with Gasteiger partial charge in [-0.2, -0.15) is 0 Å². The molecule has 1 rings (SSSR count). The Balaban J connectivity index is 2.39. The number of hydrogen-bond acceptors (Lipinski definition) is 4. The van der Waals surface area contributed by atoms with Crippen molar-refractivity contribution in [1.29, 1.82) is 0 Å². The number of aliphatic hydroxyl groups is 1. The van der Waals surface area contributed by atoms with E-state index in [4.69, 9.17) is 5.73 Å². The van der Waals surface area contributed by atoms with E-state index in [1.54, 1.807) is 0 Å². The second-order valence-electron chi connectivity index (χ2n) is 5.89. The lowest BCUT2D eigenvalue weighted by molar-refractivity contribution is 0.0934. The molecule has 108 valence electrons. The standard InChI is InChI=1S/C14H31N3O/c1-4-5-13(15)14(11-18)17(3)10-12-6-8-16(2)9-7-12/h12-14,18H,4-11,15H2,1-3H3. The molecule has 2 atom stereocenters. The van der Waals surface area contributed by atoms with Gasteiger partial charge in [0.2, 0.25) is 0 Å². The molecule has 0 amide bonds. The van der Waals surface area contributed by atoms with Crippen LogP contribution in [-0.4, -0.2) is 67.3 Å². The van der Waals surface area contributed by atoms with Crippen molar-refractivity contribution in [2.75, 3.05) is 40.3 Å². The van der Waals surface area contributed by atoms with Crippen LogP contribution >= 0.6 is 0 Å². The number of rotatable bonds is 7. The fourth-order valence-electron chi connectivity index (χ4n) is 2.91. The molecule has 1 heterocycles. The van der Waals surface area contributed by atoms with Crippen molar-refractivity contribution in [2.24, 2.45) is 11.7 Å². The van der Waals surface area contributed by atoms with Gasteiger partial charge in [-0.25, -0.2) is 0 Å². The van der Waals surface area contributed by atoms with E-state index in [2.05, 4.69) is 30.8 Å². The highest BCUT2D eigenvalue weighted by atomic mass is 16.3. The minimum atomic E-state index is 0.0938. The van der Waals surface area contributed by atoms with Crippen LogP contribution in [0.15, 0.2) is 0 Å². The minimum absolute atomic E-state index is 0.0938. The van der Waals surface area contributed by atoms with E-state index in [1.807, 2.05) is 0 Å². The van der Waals surface area contributed by atoms with Gasteiger partial charge in [0, 0.05) is 18.6 Å². The molecule has 2 unspecified atom stereocenters. The average molecular weight is 257 g/mol. The summed E-state index contributed by atoms with van der Waals surface area (Å²) in [5, 5.41) is 9.54. The first-order chi connectivity index (χ1) is 8.58. The number of nitrogens with zero attached hydrogens (tertiary/aromatic N) is 2. The first kappa shape index (κ1) is 15.9. The van der Waals surface area contributed by atoms with Gasteiger partial charge in [-0.1, -0.05) is 13.3 Å². The number of likely N-dealkylation sites (tertiary alicyclic amines) is 1. The molecular weight excluding hydrogens is 226 g/mol. The van der Waals surface area contributed by atoms with Crippen LogP contribution in [0.3, 0.4) is 0 Å². The van der Waals surface area contributed by atoms with Gasteiger partial charge in [-0.3, -0.25) is 4.90 Å². The Hall–Kier alpha value is -0.160. The fraction of sp³-hybridized carbons (Fsp3) is 1.00. The zero-order chi connectivity index (χ0) is 13.5. The van der Waals surface area contributed by atoms with E-state index in [1.165, 1.54) is 25.9 Å². The summed E-state index contributed by atoms with van der Waals surface area (Å²) in [7, 11) is 4.29. The zero-order valence-corrected chi connectivity index (χ0v) is 12.3. The van der Waals surface area contributed by atoms with Gasteiger partial charge in [0.05, 0.1) is 6.61 Å². The van der Waals surface area contributed by atoms with Crippen LogP contribution in [0.5, 0.6) is 0 Å². The third kappa shape index (κ3) is 4.84. The van der Waals surface area contributed by atoms with Crippen molar-refractivity contribution < 1.29 is 5.11 Å². The summed E-state index contributed by atoms with van der Waals surface area (Å²) in [4.78, 5) is 4.67. The Morgan fingerprint density at radius 2 is 2.00 bits per heavy atom. The first-order valence-electron chi connectivity index (χ1n) is 7.33. The zero-order valence-electron chi connectivity index (χ0n) is 12.3. The van der Waals surface area contributed by atoms with Crippen LogP contribution in [0.1, 0.15) is 32.6 Å². The highest BCUT2D eigenvalue weighted by Crippen LogP contribution is 2.18. The summed E-state index contributed by atoms with van der Waals surface area (Å²) in [6, 6.07) is 0.209. The lowest BCUT2D eigenvalue weighted by Crippen LogP contribution is -2.50. The van der Waals surface area contributed by atoms with Gasteiger partial charge in [-0.05, 0) is 52.4 Å². The second-order valence-corrected chi connectivity index (χ2v) is 5.89. The van der Waals surface area contributed by atoms with Gasteiger partial charge >= 0.3 is 0 Å². The van der Waals surface area contributed by atoms with Crippen molar-refractivity contribution in [1.82, 2.24) is 9.80 Å². The molecule has 3 N–H and O–H groups in total. The second kappa shape index (κ2) is 8.10. The van der Waals surface area contributed by atoms with Crippen LogP contribution < -0.4 is 5.73 Å². The highest BCUT2D eigenvalue weighted by molar-refractivity contribution is 4.82. The minimum Gasteiger partial charge on any atom is -0.395 e. The quantitative estimate of drug-likeness (QED) is 0.707. The molecule has 0 aromatic rings. The lowest BCUT2D eigenvalue weighted by Gasteiger charge is -2.36. The van der Waals surface area contributed by atoms with E-state index < -0.39 is 0 Å². The molecule has 0 aromatic heterocycles. The number of nitrogens with two attached hydrogens (primary N) is 1. The lowest BCUT2D eigenvalue weighted by atomic mass is 9.95. The van der Waals surface area contributed by atoms with Crippen molar-refractivity contribution in [3.8, 4) is 0 Å². The third-order valence-electron chi connectivity index (χ3n) is 4.25. The van der Waals surface area contributed by atoms with E-state index in [-0.39, 0.29) is 18.7 Å². The molecule has 0 aliphatic carbocycles. The fourth-order valence-corrected chi connectivity index (χ4v) is 2.91. The molecule has 0 bridgehead atoms. The Labute approximate surface area is 112 Å². The van der Waals surface area contributed by atoms with E-state index >= 15 is 0 Å². The molecule has 0 aromatic carbocycles. The Morgan fingerprint density at radius 1 is 1.39 bits per heavy atom. The van der Waals surface area contributed by atoms with Gasteiger partial charge in [0.15, 0.2) is 0 Å². The van der Waals surface area contributed by atoms with E-state index in [0.29, 0.717) is 0 Å². The summed E-state index contributed by atoms with van der Waals surface area (Å²) in [6.45, 7) is 5.78. The Morgan fingerprint density at radius 3 is 2.50 bits per heavy atom. The van der Waals surface area contributed by atoms with Crippen molar-refractivity contribution in [3.63, 3.8) is 0 Å². The van der Waals surface area contributed by atoms with Gasteiger partial charge < -0.3 is 15.7 Å². The molecule has 1 aliphatic heterocycles. The molecule has 0 radical (unpaired) electrons. The molecule has 1 aliphatic rings. The molecule has 4 nitrogen and oxygen atoms in total. The summed E-state index contributed by atoms with van der Waals surface area (Å²) in [5.41, 5.74) is 6.16. The topological polar surface area (TPSA) is 52.7 Å². The Bertz CT molecular complexity index is 217. The normalized spacial score (nSPS) is 22.3. The van der Waals surface area contributed by atoms with E-state index in [0.717, 1.165) is 25.3 Å². The van der Waals surface area contributed by atoms with Crippen LogP contribution in [0.4, 0.5) is 0 Å². The largest absolute Gasteiger partial charge is 0.395 e. The number of likely N-dealkylation sites (N-methyl/N-ethyl adjacent to an activating group) is 1. The van der Waals surface area contributed by atoms with Crippen molar-refractivity contribution in [2.45, 2.75) is 44.7 Å². The predicted octanol–water partition coefficient (Wildman–Crippen LogP) is 0.748. The SMILES string of the molecule is CCCC(N)C(CO)N(C)CC1CCN(C)CC1. The third-order valence-corrected chi connectivity index (χ3v) is 4.25. The molecule has 1 saturated heterocycles. The Kier molecular flexibility index (Phi) is 7.15. The van der Waals surface area contributed by atoms with Gasteiger partial charge in [-0.15, -0.1) is 0 Å². The van der Waals surface area contributed by atoms with Crippen LogP contribution in [-0.2, 0) is 0 Å². The summed E-state index contributed by atoms with van der Waals surface area (Å²) < 4.78 is 0. The molecular formula is C14H31N3O. The number of hydrogen-bond donors (Lipinski definition) is 2. The van der Waals surface area contributed by atoms with Crippen LogP contribution in [0.2, 0.25) is 0 Å². The molecule has 1 fully saturated rings. The predicted molar refractivity (Wildman–Crippen MR) is 76.6 cm³/mol. The average Bonchev–Trinajstić information content (AvgIpc) is 2.33. The summed E-state index contributed by atoms with van der Waals surface area (Å²) in [5.74, 6) is 0.758. The summed E-state index contributed by atoms with van der Waals surface area (Å²) >= 11 is 0.